The van der Waals surface area contributed by atoms with Crippen LogP contribution in [0.1, 0.15) is 0 Å². The Labute approximate surface area is 153 Å². The quantitative estimate of drug-likeness (QED) is 0.734. The lowest BCUT2D eigenvalue weighted by Crippen LogP contribution is -2.16. The molecular formula is C17H13F2N3O2S2. The summed E-state index contributed by atoms with van der Waals surface area (Å²) in [7, 11) is -4.40. The number of aryl methyl sites for hydroxylation is 1. The Bertz CT molecular complexity index is 1060. The van der Waals surface area contributed by atoms with Crippen molar-refractivity contribution >= 4 is 27.5 Å². The third-order valence-corrected chi connectivity index (χ3v) is 6.30. The molecule has 0 atom stereocenters. The molecule has 0 bridgehead atoms. The normalized spacial score (nSPS) is 13.6. The average Bonchev–Trinajstić information content (AvgIpc) is 3.15. The molecule has 1 aromatic heterocycles. The number of rotatable bonds is 4. The van der Waals surface area contributed by atoms with Gasteiger partial charge in [-0.15, -0.1) is 0 Å². The fraction of sp³-hybridized carbons (Fsp3) is 0.118. The first-order valence-corrected chi connectivity index (χ1v) is 10.2. The van der Waals surface area contributed by atoms with Crippen LogP contribution in [0.4, 0.5) is 14.5 Å². The van der Waals surface area contributed by atoms with Gasteiger partial charge in [-0.2, -0.15) is 0 Å². The van der Waals surface area contributed by atoms with Crippen LogP contribution < -0.4 is 4.72 Å². The summed E-state index contributed by atoms with van der Waals surface area (Å²) in [6.07, 6.45) is 1.90. The van der Waals surface area contributed by atoms with Gasteiger partial charge >= 0.3 is 0 Å². The Hall–Kier alpha value is -2.39. The van der Waals surface area contributed by atoms with Crippen LogP contribution in [0.25, 0.3) is 11.3 Å². The molecule has 2 aromatic carbocycles. The lowest BCUT2D eigenvalue weighted by Gasteiger charge is -2.10. The highest BCUT2D eigenvalue weighted by Crippen LogP contribution is 2.30. The first-order valence-electron chi connectivity index (χ1n) is 7.71. The highest BCUT2D eigenvalue weighted by Gasteiger charge is 2.24. The van der Waals surface area contributed by atoms with Crippen LogP contribution in [0.5, 0.6) is 0 Å². The van der Waals surface area contributed by atoms with Crippen molar-refractivity contribution in [3.8, 4) is 11.3 Å². The van der Waals surface area contributed by atoms with Crippen LogP contribution in [-0.4, -0.2) is 23.7 Å². The van der Waals surface area contributed by atoms with E-state index in [-0.39, 0.29) is 5.69 Å². The third kappa shape index (κ3) is 3.08. The van der Waals surface area contributed by atoms with Crippen LogP contribution in [0, 0.1) is 11.6 Å². The maximum absolute atomic E-state index is 13.8. The summed E-state index contributed by atoms with van der Waals surface area (Å²) in [6, 6.07) is 9.46. The molecule has 5 nitrogen and oxygen atoms in total. The highest BCUT2D eigenvalue weighted by atomic mass is 32.2. The molecule has 26 heavy (non-hydrogen) atoms. The number of aromatic nitrogens is 2. The van der Waals surface area contributed by atoms with Gasteiger partial charge < -0.3 is 4.57 Å². The standard InChI is InChI=1S/C17H13F2N3O2S2/c18-13-5-2-6-14(19)16(13)26(23,24)21-12-4-1-3-11(9-12)15-10-22-7-8-25-17(22)20-15/h1-6,9-10,21H,7-8H2. The molecule has 9 heteroatoms. The van der Waals surface area contributed by atoms with Crippen LogP contribution >= 0.6 is 11.8 Å². The number of nitrogens with zero attached hydrogens (tertiary/aromatic N) is 2. The van der Waals surface area contributed by atoms with E-state index in [1.165, 1.54) is 6.07 Å². The molecule has 0 amide bonds. The van der Waals surface area contributed by atoms with Crippen molar-refractivity contribution < 1.29 is 17.2 Å². The van der Waals surface area contributed by atoms with Gasteiger partial charge in [0, 0.05) is 29.7 Å². The summed E-state index contributed by atoms with van der Waals surface area (Å²) in [5.74, 6) is -1.30. The summed E-state index contributed by atoms with van der Waals surface area (Å²) >= 11 is 1.66. The molecule has 4 rings (SSSR count). The van der Waals surface area contributed by atoms with E-state index >= 15 is 0 Å². The summed E-state index contributed by atoms with van der Waals surface area (Å²) in [5, 5.41) is 0.916. The lowest BCUT2D eigenvalue weighted by molar-refractivity contribution is 0.521. The van der Waals surface area contributed by atoms with E-state index in [0.29, 0.717) is 11.3 Å². The molecule has 1 aliphatic heterocycles. The Morgan fingerprint density at radius 2 is 1.85 bits per heavy atom. The predicted octanol–water partition coefficient (Wildman–Crippen LogP) is 3.73. The van der Waals surface area contributed by atoms with Crippen molar-refractivity contribution in [1.29, 1.82) is 0 Å². The van der Waals surface area contributed by atoms with Crippen molar-refractivity contribution in [3.05, 3.63) is 60.3 Å². The number of sulfonamides is 1. The van der Waals surface area contributed by atoms with Gasteiger partial charge in [-0.05, 0) is 24.3 Å². The highest BCUT2D eigenvalue weighted by molar-refractivity contribution is 7.99. The summed E-state index contributed by atoms with van der Waals surface area (Å²) in [5.41, 5.74) is 1.62. The Morgan fingerprint density at radius 1 is 1.12 bits per heavy atom. The summed E-state index contributed by atoms with van der Waals surface area (Å²) in [4.78, 5) is 3.52. The molecule has 1 N–H and O–H groups in total. The Kier molecular flexibility index (Phi) is 4.20. The zero-order valence-electron chi connectivity index (χ0n) is 13.3. The maximum Gasteiger partial charge on any atom is 0.267 e. The first kappa shape index (κ1) is 17.0. The Morgan fingerprint density at radius 3 is 2.58 bits per heavy atom. The monoisotopic (exact) mass is 393 g/mol. The second-order valence-electron chi connectivity index (χ2n) is 5.69. The smallest absolute Gasteiger partial charge is 0.267 e. The molecule has 0 unspecified atom stereocenters. The number of anilines is 1. The van der Waals surface area contributed by atoms with Gasteiger partial charge in [0.25, 0.3) is 10.0 Å². The number of thioether (sulfide) groups is 1. The fourth-order valence-electron chi connectivity index (χ4n) is 2.74. The molecule has 1 aliphatic rings. The molecule has 0 aliphatic carbocycles. The van der Waals surface area contributed by atoms with Gasteiger partial charge in [-0.25, -0.2) is 22.2 Å². The minimum Gasteiger partial charge on any atom is -0.325 e. The molecular weight excluding hydrogens is 380 g/mol. The van der Waals surface area contributed by atoms with E-state index in [9.17, 15) is 17.2 Å². The minimum atomic E-state index is -4.40. The van der Waals surface area contributed by atoms with Crippen molar-refractivity contribution in [2.24, 2.45) is 0 Å². The summed E-state index contributed by atoms with van der Waals surface area (Å²) < 4.78 is 56.7. The van der Waals surface area contributed by atoms with Gasteiger partial charge in [-0.1, -0.05) is 30.0 Å². The van der Waals surface area contributed by atoms with Gasteiger partial charge in [-0.3, -0.25) is 4.72 Å². The molecule has 0 spiro atoms. The number of hydrogen-bond acceptors (Lipinski definition) is 4. The average molecular weight is 393 g/mol. The fourth-order valence-corrected chi connectivity index (χ4v) is 4.87. The van der Waals surface area contributed by atoms with E-state index in [2.05, 4.69) is 9.71 Å². The second-order valence-corrected chi connectivity index (χ2v) is 8.37. The van der Waals surface area contributed by atoms with Crippen molar-refractivity contribution in [1.82, 2.24) is 9.55 Å². The van der Waals surface area contributed by atoms with E-state index in [4.69, 9.17) is 0 Å². The van der Waals surface area contributed by atoms with E-state index in [1.54, 1.807) is 30.0 Å². The zero-order chi connectivity index (χ0) is 18.3. The zero-order valence-corrected chi connectivity index (χ0v) is 14.9. The van der Waals surface area contributed by atoms with Gasteiger partial charge in [0.1, 0.15) is 11.6 Å². The second kappa shape index (κ2) is 6.40. The van der Waals surface area contributed by atoms with E-state index in [0.717, 1.165) is 35.7 Å². The van der Waals surface area contributed by atoms with Crippen LogP contribution in [0.15, 0.2) is 58.7 Å². The molecule has 0 radical (unpaired) electrons. The largest absolute Gasteiger partial charge is 0.325 e. The molecule has 3 aromatic rings. The molecule has 0 fully saturated rings. The maximum atomic E-state index is 13.8. The molecule has 0 saturated heterocycles. The van der Waals surface area contributed by atoms with Gasteiger partial charge in [0.15, 0.2) is 10.1 Å². The van der Waals surface area contributed by atoms with Crippen LogP contribution in [0.2, 0.25) is 0 Å². The van der Waals surface area contributed by atoms with Gasteiger partial charge in [0.05, 0.1) is 5.69 Å². The number of benzene rings is 2. The van der Waals surface area contributed by atoms with E-state index < -0.39 is 26.6 Å². The van der Waals surface area contributed by atoms with Crippen LogP contribution in [0.3, 0.4) is 0 Å². The topological polar surface area (TPSA) is 64.0 Å². The van der Waals surface area contributed by atoms with E-state index in [1.807, 2.05) is 10.8 Å². The lowest BCUT2D eigenvalue weighted by atomic mass is 10.1. The van der Waals surface area contributed by atoms with Gasteiger partial charge in [0.2, 0.25) is 0 Å². The van der Waals surface area contributed by atoms with Crippen molar-refractivity contribution in [2.45, 2.75) is 16.6 Å². The number of hydrogen-bond donors (Lipinski definition) is 1. The SMILES string of the molecule is O=S(=O)(Nc1cccc(-c2cn3c(n2)SCC3)c1)c1c(F)cccc1F. The molecule has 0 saturated carbocycles. The number of imidazole rings is 1. The molecule has 134 valence electrons. The van der Waals surface area contributed by atoms with Crippen molar-refractivity contribution in [3.63, 3.8) is 0 Å². The Balaban J connectivity index is 1.66. The third-order valence-electron chi connectivity index (χ3n) is 3.90. The number of nitrogens with one attached hydrogen (secondary N) is 1. The molecule has 2 heterocycles. The first-order chi connectivity index (χ1) is 12.4. The number of halogens is 2. The number of fused-ring (bicyclic) bond motifs is 1. The van der Waals surface area contributed by atoms with Crippen molar-refractivity contribution in [2.75, 3.05) is 10.5 Å². The summed E-state index contributed by atoms with van der Waals surface area (Å²) in [6.45, 7) is 0.881. The minimum absolute atomic E-state index is 0.200. The van der Waals surface area contributed by atoms with Crippen LogP contribution in [-0.2, 0) is 16.6 Å². The predicted molar refractivity (Wildman–Crippen MR) is 95.6 cm³/mol.